The molecule has 4 nitrogen and oxygen atoms in total. The second-order valence-corrected chi connectivity index (χ2v) is 9.01. The topological polar surface area (TPSA) is 62.1 Å². The summed E-state index contributed by atoms with van der Waals surface area (Å²) in [6, 6.07) is 17.1. The van der Waals surface area contributed by atoms with Crippen molar-refractivity contribution >= 4 is 40.9 Å². The van der Waals surface area contributed by atoms with Gasteiger partial charge < -0.3 is 10.1 Å². The molecule has 0 saturated heterocycles. The quantitative estimate of drug-likeness (QED) is 0.275. The van der Waals surface area contributed by atoms with E-state index in [0.717, 1.165) is 16.7 Å². The maximum absolute atomic E-state index is 12.8. The van der Waals surface area contributed by atoms with E-state index in [1.54, 1.807) is 24.3 Å². The predicted octanol–water partition coefficient (Wildman–Crippen LogP) is 7.45. The first-order chi connectivity index (χ1) is 16.2. The van der Waals surface area contributed by atoms with E-state index in [1.807, 2.05) is 26.0 Å². The Labute approximate surface area is 210 Å². The molecule has 3 rings (SSSR count). The van der Waals surface area contributed by atoms with Gasteiger partial charge in [-0.15, -0.1) is 0 Å². The molecule has 6 heteroatoms. The van der Waals surface area contributed by atoms with Gasteiger partial charge in [0.1, 0.15) is 17.4 Å². The lowest BCUT2D eigenvalue weighted by atomic mass is 9.98. The summed E-state index contributed by atoms with van der Waals surface area (Å²) in [5, 5.41) is 13.4. The number of rotatable bonds is 7. The fourth-order valence-corrected chi connectivity index (χ4v) is 4.24. The molecule has 1 N–H and O–H groups in total. The van der Waals surface area contributed by atoms with Crippen LogP contribution < -0.4 is 10.1 Å². The third-order valence-electron chi connectivity index (χ3n) is 5.26. The summed E-state index contributed by atoms with van der Waals surface area (Å²) in [6.07, 6.45) is 2.12. The van der Waals surface area contributed by atoms with E-state index in [1.165, 1.54) is 17.2 Å². The molecule has 0 bridgehead atoms. The molecule has 0 spiro atoms. The average Bonchev–Trinajstić information content (AvgIpc) is 2.76. The van der Waals surface area contributed by atoms with E-state index in [-0.39, 0.29) is 5.57 Å². The summed E-state index contributed by atoms with van der Waals surface area (Å²) >= 11 is 12.7. The number of amides is 1. The van der Waals surface area contributed by atoms with Crippen LogP contribution in [-0.4, -0.2) is 12.5 Å². The number of nitrogens with zero attached hydrogens (tertiary/aromatic N) is 1. The zero-order valence-electron chi connectivity index (χ0n) is 19.6. The minimum absolute atomic E-state index is 0.0556. The normalized spacial score (nSPS) is 11.1. The molecule has 0 fully saturated rings. The van der Waals surface area contributed by atoms with Crippen LogP contribution in [0.4, 0.5) is 5.69 Å². The minimum atomic E-state index is -0.527. The average molecular weight is 493 g/mol. The van der Waals surface area contributed by atoms with Gasteiger partial charge in [0.25, 0.3) is 5.91 Å². The highest BCUT2D eigenvalue weighted by molar-refractivity contribution is 6.32. The predicted molar refractivity (Wildman–Crippen MR) is 140 cm³/mol. The van der Waals surface area contributed by atoms with Gasteiger partial charge in [-0.2, -0.15) is 5.26 Å². The third kappa shape index (κ3) is 6.41. The van der Waals surface area contributed by atoms with Crippen molar-refractivity contribution in [2.24, 2.45) is 0 Å². The van der Waals surface area contributed by atoms with Gasteiger partial charge >= 0.3 is 0 Å². The van der Waals surface area contributed by atoms with E-state index < -0.39 is 5.91 Å². The number of benzene rings is 3. The Morgan fingerprint density at radius 3 is 2.41 bits per heavy atom. The summed E-state index contributed by atoms with van der Waals surface area (Å²) < 4.78 is 5.88. The van der Waals surface area contributed by atoms with Crippen molar-refractivity contribution in [3.05, 3.63) is 97.5 Å². The lowest BCUT2D eigenvalue weighted by molar-refractivity contribution is -0.112. The Bertz CT molecular complexity index is 1290. The molecule has 3 aromatic carbocycles. The van der Waals surface area contributed by atoms with Gasteiger partial charge in [0, 0.05) is 27.7 Å². The Hall–Kier alpha value is -3.26. The molecular weight excluding hydrogens is 467 g/mol. The lowest BCUT2D eigenvalue weighted by Gasteiger charge is -2.15. The first-order valence-corrected chi connectivity index (χ1v) is 11.7. The third-order valence-corrected chi connectivity index (χ3v) is 5.84. The Morgan fingerprint density at radius 2 is 1.76 bits per heavy atom. The zero-order valence-corrected chi connectivity index (χ0v) is 21.1. The van der Waals surface area contributed by atoms with Crippen molar-refractivity contribution in [2.45, 2.75) is 34.1 Å². The van der Waals surface area contributed by atoms with Gasteiger partial charge in [-0.05, 0) is 74.7 Å². The van der Waals surface area contributed by atoms with Crippen molar-refractivity contribution in [3.63, 3.8) is 0 Å². The zero-order chi connectivity index (χ0) is 24.8. The largest absolute Gasteiger partial charge is 0.494 e. The van der Waals surface area contributed by atoms with Gasteiger partial charge in [-0.1, -0.05) is 58.6 Å². The summed E-state index contributed by atoms with van der Waals surface area (Å²) in [7, 11) is 0. The molecule has 0 aliphatic heterocycles. The summed E-state index contributed by atoms with van der Waals surface area (Å²) in [5.41, 5.74) is 6.31. The number of carbonyl (C=O) groups is 1. The number of carbonyl (C=O) groups excluding carboxylic acids is 1. The molecule has 0 aliphatic carbocycles. The minimum Gasteiger partial charge on any atom is -0.494 e. The number of nitrogens with one attached hydrogen (secondary N) is 1. The highest BCUT2D eigenvalue weighted by Crippen LogP contribution is 2.32. The summed E-state index contributed by atoms with van der Waals surface area (Å²) in [5.74, 6) is 0.102. The first-order valence-electron chi connectivity index (χ1n) is 10.9. The molecule has 0 aromatic heterocycles. The lowest BCUT2D eigenvalue weighted by Crippen LogP contribution is -2.14. The van der Waals surface area contributed by atoms with Gasteiger partial charge in [0.05, 0.1) is 6.61 Å². The number of hydrogen-bond donors (Lipinski definition) is 1. The monoisotopic (exact) mass is 492 g/mol. The van der Waals surface area contributed by atoms with E-state index >= 15 is 0 Å². The summed E-state index contributed by atoms with van der Waals surface area (Å²) in [6.45, 7) is 8.34. The van der Waals surface area contributed by atoms with Crippen LogP contribution in [0.25, 0.3) is 6.08 Å². The first kappa shape index (κ1) is 25.4. The van der Waals surface area contributed by atoms with Crippen molar-refractivity contribution in [2.75, 3.05) is 11.9 Å². The van der Waals surface area contributed by atoms with Crippen LogP contribution in [0.15, 0.2) is 54.1 Å². The van der Waals surface area contributed by atoms with Crippen molar-refractivity contribution in [3.8, 4) is 11.8 Å². The van der Waals surface area contributed by atoms with Crippen LogP contribution >= 0.6 is 23.2 Å². The van der Waals surface area contributed by atoms with E-state index in [2.05, 4.69) is 37.4 Å². The Morgan fingerprint density at radius 1 is 1.06 bits per heavy atom. The Kier molecular flexibility index (Phi) is 8.39. The van der Waals surface area contributed by atoms with E-state index in [0.29, 0.717) is 40.1 Å². The molecule has 0 atom stereocenters. The number of nitriles is 1. The SMILES string of the molecule is CCOc1cc(/C=C(\C#N)C(=O)Nc2cc(Cl)ccc2C)cc(Cl)c1Cc1cc(C)cc(C)c1. The van der Waals surface area contributed by atoms with Crippen molar-refractivity contribution in [1.82, 2.24) is 0 Å². The molecule has 1 amide bonds. The fourth-order valence-electron chi connectivity index (χ4n) is 3.78. The van der Waals surface area contributed by atoms with Gasteiger partial charge in [-0.25, -0.2) is 0 Å². The van der Waals surface area contributed by atoms with Crippen LogP contribution in [-0.2, 0) is 11.2 Å². The molecule has 0 heterocycles. The second-order valence-electron chi connectivity index (χ2n) is 8.17. The molecular formula is C28H26Cl2N2O2. The summed E-state index contributed by atoms with van der Waals surface area (Å²) in [4.78, 5) is 12.8. The molecule has 0 saturated carbocycles. The van der Waals surface area contributed by atoms with Crippen LogP contribution in [0.5, 0.6) is 5.75 Å². The number of halogens is 2. The van der Waals surface area contributed by atoms with Crippen LogP contribution in [0, 0.1) is 32.1 Å². The van der Waals surface area contributed by atoms with E-state index in [4.69, 9.17) is 27.9 Å². The molecule has 34 heavy (non-hydrogen) atoms. The van der Waals surface area contributed by atoms with Gasteiger partial charge in [0.15, 0.2) is 0 Å². The highest BCUT2D eigenvalue weighted by Gasteiger charge is 2.15. The van der Waals surface area contributed by atoms with Gasteiger partial charge in [-0.3, -0.25) is 4.79 Å². The number of aryl methyl sites for hydroxylation is 3. The fraction of sp³-hybridized carbons (Fsp3) is 0.214. The smallest absolute Gasteiger partial charge is 0.266 e. The Balaban J connectivity index is 1.94. The number of ether oxygens (including phenoxy) is 1. The molecule has 0 aliphatic rings. The highest BCUT2D eigenvalue weighted by atomic mass is 35.5. The molecule has 3 aromatic rings. The van der Waals surface area contributed by atoms with Crippen molar-refractivity contribution in [1.29, 1.82) is 5.26 Å². The van der Waals surface area contributed by atoms with Crippen LogP contribution in [0.2, 0.25) is 10.0 Å². The van der Waals surface area contributed by atoms with Crippen LogP contribution in [0.3, 0.4) is 0 Å². The molecule has 0 unspecified atom stereocenters. The second kappa shape index (κ2) is 11.2. The van der Waals surface area contributed by atoms with Crippen molar-refractivity contribution < 1.29 is 9.53 Å². The molecule has 174 valence electrons. The molecule has 0 radical (unpaired) electrons. The van der Waals surface area contributed by atoms with Gasteiger partial charge in [0.2, 0.25) is 0 Å². The maximum atomic E-state index is 12.8. The standard InChI is InChI=1S/C28H26Cl2N2O2/c1-5-34-27-14-21(13-25(30)24(27)12-20-9-17(2)8-18(3)10-20)11-22(16-31)28(33)32-26-15-23(29)7-6-19(26)4/h6-11,13-15H,5,12H2,1-4H3,(H,32,33)/b22-11+. The number of hydrogen-bond acceptors (Lipinski definition) is 3. The van der Waals surface area contributed by atoms with Crippen LogP contribution in [0.1, 0.15) is 40.3 Å². The number of anilines is 1. The van der Waals surface area contributed by atoms with E-state index in [9.17, 15) is 10.1 Å². The maximum Gasteiger partial charge on any atom is 0.266 e.